The Morgan fingerprint density at radius 3 is 2.52 bits per heavy atom. The molecule has 3 aromatic rings. The summed E-state index contributed by atoms with van der Waals surface area (Å²) in [6.07, 6.45) is 0. The maximum absolute atomic E-state index is 13.4. The van der Waals surface area contributed by atoms with Crippen molar-refractivity contribution in [3.63, 3.8) is 0 Å². The zero-order chi connectivity index (χ0) is 15.0. The minimum Gasteiger partial charge on any atom is -0.399 e. The van der Waals surface area contributed by atoms with Crippen molar-refractivity contribution in [2.24, 2.45) is 0 Å². The maximum atomic E-state index is 13.4. The van der Waals surface area contributed by atoms with Gasteiger partial charge in [-0.15, -0.1) is 0 Å². The van der Waals surface area contributed by atoms with Crippen LogP contribution in [0.3, 0.4) is 0 Å². The number of nitrogens with two attached hydrogens (primary N) is 1. The van der Waals surface area contributed by atoms with E-state index in [1.807, 2.05) is 26.0 Å². The Balaban J connectivity index is 2.08. The van der Waals surface area contributed by atoms with Crippen molar-refractivity contribution in [2.75, 3.05) is 5.73 Å². The number of rotatable bonds is 2. The quantitative estimate of drug-likeness (QED) is 0.727. The first-order valence-corrected chi connectivity index (χ1v) is 6.51. The van der Waals surface area contributed by atoms with E-state index < -0.39 is 0 Å². The molecule has 0 saturated carbocycles. The largest absolute Gasteiger partial charge is 0.399 e. The first-order valence-electron chi connectivity index (χ1n) is 6.51. The molecule has 4 nitrogen and oxygen atoms in total. The summed E-state index contributed by atoms with van der Waals surface area (Å²) in [4.78, 5) is 4.35. The molecule has 0 bridgehead atoms. The SMILES string of the molecule is Cc1ccc(F)cc1-c1noc(-c2cc(N)ccc2C)n1. The Bertz CT molecular complexity index is 745. The highest BCUT2D eigenvalue weighted by atomic mass is 19.1. The van der Waals surface area contributed by atoms with Crippen molar-refractivity contribution in [3.8, 4) is 22.8 Å². The lowest BCUT2D eigenvalue weighted by atomic mass is 10.1. The van der Waals surface area contributed by atoms with E-state index in [4.69, 9.17) is 10.3 Å². The Labute approximate surface area is 121 Å². The molecule has 2 N–H and O–H groups in total. The maximum Gasteiger partial charge on any atom is 0.258 e. The highest BCUT2D eigenvalue weighted by Crippen LogP contribution is 2.28. The van der Waals surface area contributed by atoms with Crippen LogP contribution in [0.1, 0.15) is 11.1 Å². The fourth-order valence-electron chi connectivity index (χ4n) is 2.15. The minimum absolute atomic E-state index is 0.331. The normalized spacial score (nSPS) is 10.8. The topological polar surface area (TPSA) is 64.9 Å². The van der Waals surface area contributed by atoms with Crippen LogP contribution in [0.5, 0.6) is 0 Å². The van der Waals surface area contributed by atoms with Crippen molar-refractivity contribution in [1.29, 1.82) is 0 Å². The smallest absolute Gasteiger partial charge is 0.258 e. The van der Waals surface area contributed by atoms with Crippen molar-refractivity contribution in [3.05, 3.63) is 53.3 Å². The molecular formula is C16H14FN3O. The number of hydrogen-bond acceptors (Lipinski definition) is 4. The number of anilines is 1. The molecule has 1 aromatic heterocycles. The lowest BCUT2D eigenvalue weighted by Crippen LogP contribution is -1.90. The Morgan fingerprint density at radius 1 is 1.00 bits per heavy atom. The minimum atomic E-state index is -0.331. The molecule has 0 aliphatic rings. The van der Waals surface area contributed by atoms with Crippen LogP contribution in [0.25, 0.3) is 22.8 Å². The van der Waals surface area contributed by atoms with Crippen molar-refractivity contribution in [2.45, 2.75) is 13.8 Å². The van der Waals surface area contributed by atoms with E-state index in [0.717, 1.165) is 16.7 Å². The molecule has 0 amide bonds. The van der Waals surface area contributed by atoms with Gasteiger partial charge in [0.2, 0.25) is 5.82 Å². The van der Waals surface area contributed by atoms with E-state index >= 15 is 0 Å². The predicted octanol–water partition coefficient (Wildman–Crippen LogP) is 3.74. The molecular weight excluding hydrogens is 269 g/mol. The summed E-state index contributed by atoms with van der Waals surface area (Å²) in [6, 6.07) is 9.98. The molecule has 5 heteroatoms. The van der Waals surface area contributed by atoms with Gasteiger partial charge in [0, 0.05) is 16.8 Å². The van der Waals surface area contributed by atoms with Gasteiger partial charge >= 0.3 is 0 Å². The summed E-state index contributed by atoms with van der Waals surface area (Å²) in [5, 5.41) is 3.94. The Hall–Kier alpha value is -2.69. The standard InChI is InChI=1S/C16H14FN3O/c1-9-3-5-11(17)7-13(9)15-19-16(21-20-15)14-8-12(18)6-4-10(14)2/h3-8H,18H2,1-2H3. The monoisotopic (exact) mass is 283 g/mol. The van der Waals surface area contributed by atoms with Crippen LogP contribution in [0.15, 0.2) is 40.9 Å². The average Bonchev–Trinajstić information content (AvgIpc) is 2.93. The summed E-state index contributed by atoms with van der Waals surface area (Å²) in [6.45, 7) is 3.81. The van der Waals surface area contributed by atoms with Crippen LogP contribution in [0, 0.1) is 19.7 Å². The van der Waals surface area contributed by atoms with Gasteiger partial charge < -0.3 is 10.3 Å². The number of nitrogen functional groups attached to an aromatic ring is 1. The fourth-order valence-corrected chi connectivity index (χ4v) is 2.15. The average molecular weight is 283 g/mol. The highest BCUT2D eigenvalue weighted by molar-refractivity contribution is 5.67. The molecule has 2 aromatic carbocycles. The summed E-state index contributed by atoms with van der Waals surface area (Å²) >= 11 is 0. The van der Waals surface area contributed by atoms with Gasteiger partial charge in [0.05, 0.1) is 0 Å². The van der Waals surface area contributed by atoms with Crippen LogP contribution < -0.4 is 5.73 Å². The molecule has 0 radical (unpaired) electrons. The lowest BCUT2D eigenvalue weighted by molar-refractivity contribution is 0.432. The van der Waals surface area contributed by atoms with E-state index in [0.29, 0.717) is 23.0 Å². The molecule has 21 heavy (non-hydrogen) atoms. The third kappa shape index (κ3) is 2.50. The number of hydrogen-bond donors (Lipinski definition) is 1. The summed E-state index contributed by atoms with van der Waals surface area (Å²) < 4.78 is 18.7. The van der Waals surface area contributed by atoms with E-state index in [1.54, 1.807) is 12.1 Å². The fraction of sp³-hybridized carbons (Fsp3) is 0.125. The lowest BCUT2D eigenvalue weighted by Gasteiger charge is -2.02. The predicted molar refractivity (Wildman–Crippen MR) is 79.0 cm³/mol. The van der Waals surface area contributed by atoms with Crippen LogP contribution in [-0.2, 0) is 0 Å². The van der Waals surface area contributed by atoms with Crippen LogP contribution >= 0.6 is 0 Å². The molecule has 0 aliphatic carbocycles. The third-order valence-electron chi connectivity index (χ3n) is 3.36. The van der Waals surface area contributed by atoms with Gasteiger partial charge in [-0.25, -0.2) is 4.39 Å². The van der Waals surface area contributed by atoms with Gasteiger partial charge in [0.15, 0.2) is 0 Å². The first kappa shape index (κ1) is 13.3. The first-order chi connectivity index (χ1) is 10.0. The summed E-state index contributed by atoms with van der Waals surface area (Å²) in [5.74, 6) is 0.407. The number of aromatic nitrogens is 2. The molecule has 1 heterocycles. The van der Waals surface area contributed by atoms with Crippen LogP contribution in [0.4, 0.5) is 10.1 Å². The molecule has 0 aliphatic heterocycles. The third-order valence-corrected chi connectivity index (χ3v) is 3.36. The van der Waals surface area contributed by atoms with Gasteiger partial charge in [-0.05, 0) is 49.2 Å². The zero-order valence-electron chi connectivity index (χ0n) is 11.7. The van der Waals surface area contributed by atoms with E-state index in [1.165, 1.54) is 12.1 Å². The van der Waals surface area contributed by atoms with Crippen molar-refractivity contribution in [1.82, 2.24) is 10.1 Å². The van der Waals surface area contributed by atoms with Gasteiger partial charge in [0.25, 0.3) is 5.89 Å². The molecule has 0 atom stereocenters. The van der Waals surface area contributed by atoms with Gasteiger partial charge in [0.1, 0.15) is 5.82 Å². The van der Waals surface area contributed by atoms with Crippen molar-refractivity contribution < 1.29 is 8.91 Å². The van der Waals surface area contributed by atoms with E-state index in [2.05, 4.69) is 10.1 Å². The van der Waals surface area contributed by atoms with E-state index in [9.17, 15) is 4.39 Å². The number of aryl methyl sites for hydroxylation is 2. The van der Waals surface area contributed by atoms with Crippen molar-refractivity contribution >= 4 is 5.69 Å². The number of benzene rings is 2. The molecule has 0 unspecified atom stereocenters. The Morgan fingerprint density at radius 2 is 1.71 bits per heavy atom. The molecule has 106 valence electrons. The van der Waals surface area contributed by atoms with Crippen LogP contribution in [0.2, 0.25) is 0 Å². The molecule has 3 rings (SSSR count). The molecule has 0 spiro atoms. The number of halogens is 1. The summed E-state index contributed by atoms with van der Waals surface area (Å²) in [5.41, 5.74) is 9.67. The number of nitrogens with zero attached hydrogens (tertiary/aromatic N) is 2. The zero-order valence-corrected chi connectivity index (χ0v) is 11.7. The van der Waals surface area contributed by atoms with Gasteiger partial charge in [-0.1, -0.05) is 17.3 Å². The second-order valence-electron chi connectivity index (χ2n) is 4.96. The van der Waals surface area contributed by atoms with Crippen LogP contribution in [-0.4, -0.2) is 10.1 Å². The second kappa shape index (κ2) is 5.01. The van der Waals surface area contributed by atoms with Gasteiger partial charge in [-0.2, -0.15) is 4.98 Å². The second-order valence-corrected chi connectivity index (χ2v) is 4.96. The van der Waals surface area contributed by atoms with E-state index in [-0.39, 0.29) is 5.82 Å². The molecule has 0 saturated heterocycles. The highest BCUT2D eigenvalue weighted by Gasteiger charge is 2.14. The van der Waals surface area contributed by atoms with Gasteiger partial charge in [-0.3, -0.25) is 0 Å². The Kier molecular flexibility index (Phi) is 3.17. The summed E-state index contributed by atoms with van der Waals surface area (Å²) in [7, 11) is 0. The molecule has 0 fully saturated rings.